The zero-order chi connectivity index (χ0) is 25.7. The molecule has 1 aliphatic rings. The van der Waals surface area contributed by atoms with Crippen molar-refractivity contribution in [2.75, 3.05) is 26.2 Å². The van der Waals surface area contributed by atoms with Gasteiger partial charge in [0.25, 0.3) is 5.91 Å². The van der Waals surface area contributed by atoms with E-state index in [-0.39, 0.29) is 48.3 Å². The number of rotatable bonds is 9. The second-order valence-electron chi connectivity index (χ2n) is 9.13. The second-order valence-corrected chi connectivity index (χ2v) is 10.1. The molecule has 0 saturated carbocycles. The molecule has 0 spiro atoms. The van der Waals surface area contributed by atoms with Gasteiger partial charge in [-0.05, 0) is 71.8 Å². The van der Waals surface area contributed by atoms with Crippen LogP contribution < -0.4 is 4.74 Å². The summed E-state index contributed by atoms with van der Waals surface area (Å²) in [4.78, 5) is 31.4. The van der Waals surface area contributed by atoms with Crippen molar-refractivity contribution in [2.24, 2.45) is 5.92 Å². The van der Waals surface area contributed by atoms with Crippen molar-refractivity contribution in [3.8, 4) is 5.75 Å². The SMILES string of the molecule is CCC(C)CN(CC(=O)N1CCc2sccc2C1COc1ccc(F)cc1)C(=O)c1cccc(F)c1. The third-order valence-electron chi connectivity index (χ3n) is 6.55. The molecule has 8 heteroatoms. The van der Waals surface area contributed by atoms with E-state index in [1.54, 1.807) is 34.4 Å². The van der Waals surface area contributed by atoms with Gasteiger partial charge in [-0.2, -0.15) is 0 Å². The Kier molecular flexibility index (Phi) is 8.36. The van der Waals surface area contributed by atoms with Gasteiger partial charge in [-0.1, -0.05) is 26.3 Å². The van der Waals surface area contributed by atoms with Crippen molar-refractivity contribution in [2.45, 2.75) is 32.7 Å². The molecule has 2 heterocycles. The Morgan fingerprint density at radius 2 is 1.92 bits per heavy atom. The Bertz CT molecular complexity index is 1200. The molecule has 2 unspecified atom stereocenters. The highest BCUT2D eigenvalue weighted by molar-refractivity contribution is 7.10. The molecule has 1 aliphatic heterocycles. The summed E-state index contributed by atoms with van der Waals surface area (Å²) in [6.07, 6.45) is 1.58. The predicted molar refractivity (Wildman–Crippen MR) is 136 cm³/mol. The first-order chi connectivity index (χ1) is 17.4. The van der Waals surface area contributed by atoms with E-state index >= 15 is 0 Å². The van der Waals surface area contributed by atoms with Gasteiger partial charge in [0.15, 0.2) is 0 Å². The van der Waals surface area contributed by atoms with Crippen molar-refractivity contribution >= 4 is 23.2 Å². The molecule has 5 nitrogen and oxygen atoms in total. The monoisotopic (exact) mass is 512 g/mol. The zero-order valence-corrected chi connectivity index (χ0v) is 21.3. The molecule has 190 valence electrons. The average Bonchev–Trinajstić information content (AvgIpc) is 3.36. The van der Waals surface area contributed by atoms with E-state index in [0.29, 0.717) is 18.8 Å². The van der Waals surface area contributed by atoms with E-state index in [1.165, 1.54) is 40.1 Å². The lowest BCUT2D eigenvalue weighted by atomic mass is 10.00. The molecule has 0 radical (unpaired) electrons. The number of carbonyl (C=O) groups is 2. The third kappa shape index (κ3) is 6.10. The first kappa shape index (κ1) is 25.8. The minimum Gasteiger partial charge on any atom is -0.491 e. The summed E-state index contributed by atoms with van der Waals surface area (Å²) in [5.74, 6) is -0.692. The summed E-state index contributed by atoms with van der Waals surface area (Å²) in [7, 11) is 0. The molecule has 2 amide bonds. The van der Waals surface area contributed by atoms with E-state index < -0.39 is 5.82 Å². The Balaban J connectivity index is 1.54. The Morgan fingerprint density at radius 3 is 2.64 bits per heavy atom. The van der Waals surface area contributed by atoms with Crippen LogP contribution in [0.5, 0.6) is 5.75 Å². The minimum absolute atomic E-state index is 0.105. The number of amides is 2. The van der Waals surface area contributed by atoms with Crippen LogP contribution in [0.15, 0.2) is 60.0 Å². The second kappa shape index (κ2) is 11.6. The molecule has 1 aromatic heterocycles. The summed E-state index contributed by atoms with van der Waals surface area (Å²) in [6.45, 7) is 5.06. The summed E-state index contributed by atoms with van der Waals surface area (Å²) in [5.41, 5.74) is 1.26. The fraction of sp³-hybridized carbons (Fsp3) is 0.357. The lowest BCUT2D eigenvalue weighted by Gasteiger charge is -2.37. The van der Waals surface area contributed by atoms with Gasteiger partial charge >= 0.3 is 0 Å². The largest absolute Gasteiger partial charge is 0.491 e. The molecule has 2 atom stereocenters. The molecule has 0 bridgehead atoms. The number of fused-ring (bicyclic) bond motifs is 1. The number of nitrogens with zero attached hydrogens (tertiary/aromatic N) is 2. The highest BCUT2D eigenvalue weighted by Gasteiger charge is 2.34. The van der Waals surface area contributed by atoms with Crippen LogP contribution in [-0.2, 0) is 11.2 Å². The third-order valence-corrected chi connectivity index (χ3v) is 7.55. The van der Waals surface area contributed by atoms with E-state index in [1.807, 2.05) is 25.3 Å². The van der Waals surface area contributed by atoms with Crippen LogP contribution in [0.1, 0.15) is 47.1 Å². The number of benzene rings is 2. The van der Waals surface area contributed by atoms with Crippen LogP contribution in [0.4, 0.5) is 8.78 Å². The van der Waals surface area contributed by atoms with Gasteiger partial charge in [-0.3, -0.25) is 9.59 Å². The van der Waals surface area contributed by atoms with Gasteiger partial charge in [0.05, 0.1) is 6.04 Å². The first-order valence-corrected chi connectivity index (χ1v) is 13.0. The van der Waals surface area contributed by atoms with E-state index in [4.69, 9.17) is 4.74 Å². The molecule has 3 aromatic rings. The number of hydrogen-bond donors (Lipinski definition) is 0. The standard InChI is InChI=1S/C28H30F2N2O3S/c1-3-19(2)16-31(28(34)20-5-4-6-22(30)15-20)17-27(33)32-13-11-26-24(12-14-36-26)25(32)18-35-23-9-7-21(29)8-10-23/h4-10,12,14-15,19,25H,3,11,13,16-18H2,1-2H3. The van der Waals surface area contributed by atoms with Crippen molar-refractivity contribution in [3.05, 3.63) is 87.6 Å². The lowest BCUT2D eigenvalue weighted by Crippen LogP contribution is -2.48. The van der Waals surface area contributed by atoms with Gasteiger partial charge in [-0.15, -0.1) is 11.3 Å². The van der Waals surface area contributed by atoms with E-state index in [2.05, 4.69) is 0 Å². The number of halogens is 2. The quantitative estimate of drug-likeness (QED) is 0.369. The fourth-order valence-electron chi connectivity index (χ4n) is 4.36. The lowest BCUT2D eigenvalue weighted by molar-refractivity contribution is -0.135. The molecular formula is C28H30F2N2O3S. The summed E-state index contributed by atoms with van der Waals surface area (Å²) in [6, 6.07) is 13.0. The van der Waals surface area contributed by atoms with Crippen molar-refractivity contribution < 1.29 is 23.1 Å². The molecule has 0 fully saturated rings. The van der Waals surface area contributed by atoms with Crippen LogP contribution in [0, 0.1) is 17.6 Å². The summed E-state index contributed by atoms with van der Waals surface area (Å²) < 4.78 is 33.0. The Labute approximate surface area is 214 Å². The van der Waals surface area contributed by atoms with Gasteiger partial charge < -0.3 is 14.5 Å². The van der Waals surface area contributed by atoms with Gasteiger partial charge in [0, 0.05) is 23.5 Å². The molecule has 0 saturated heterocycles. The number of carbonyl (C=O) groups excluding carboxylic acids is 2. The highest BCUT2D eigenvalue weighted by atomic mass is 32.1. The predicted octanol–water partition coefficient (Wildman–Crippen LogP) is 5.72. The van der Waals surface area contributed by atoms with E-state index in [9.17, 15) is 18.4 Å². The smallest absolute Gasteiger partial charge is 0.254 e. The van der Waals surface area contributed by atoms with Crippen molar-refractivity contribution in [1.82, 2.24) is 9.80 Å². The van der Waals surface area contributed by atoms with Crippen LogP contribution in [-0.4, -0.2) is 47.9 Å². The van der Waals surface area contributed by atoms with Gasteiger partial charge in [0.1, 0.15) is 30.5 Å². The molecule has 0 aliphatic carbocycles. The maximum Gasteiger partial charge on any atom is 0.254 e. The maximum absolute atomic E-state index is 13.8. The van der Waals surface area contributed by atoms with Crippen molar-refractivity contribution in [3.63, 3.8) is 0 Å². The number of ether oxygens (including phenoxy) is 1. The zero-order valence-electron chi connectivity index (χ0n) is 20.5. The average molecular weight is 513 g/mol. The number of hydrogen-bond acceptors (Lipinski definition) is 4. The highest BCUT2D eigenvalue weighted by Crippen LogP contribution is 2.34. The molecular weight excluding hydrogens is 482 g/mol. The van der Waals surface area contributed by atoms with Gasteiger partial charge in [-0.25, -0.2) is 8.78 Å². The van der Waals surface area contributed by atoms with Crippen LogP contribution in [0.3, 0.4) is 0 Å². The first-order valence-electron chi connectivity index (χ1n) is 12.1. The van der Waals surface area contributed by atoms with Crippen LogP contribution in [0.2, 0.25) is 0 Å². The van der Waals surface area contributed by atoms with E-state index in [0.717, 1.165) is 18.4 Å². The molecule has 0 N–H and O–H groups in total. The minimum atomic E-state index is -0.491. The Morgan fingerprint density at radius 1 is 1.14 bits per heavy atom. The summed E-state index contributed by atoms with van der Waals surface area (Å²) in [5, 5.41) is 2.01. The molecule has 36 heavy (non-hydrogen) atoms. The number of thiophene rings is 1. The van der Waals surface area contributed by atoms with Crippen LogP contribution >= 0.6 is 11.3 Å². The molecule has 4 rings (SSSR count). The Hall–Kier alpha value is -3.26. The fourth-order valence-corrected chi connectivity index (χ4v) is 5.29. The summed E-state index contributed by atoms with van der Waals surface area (Å²) >= 11 is 1.65. The molecule has 2 aromatic carbocycles. The van der Waals surface area contributed by atoms with Crippen LogP contribution in [0.25, 0.3) is 0 Å². The normalized spacial score (nSPS) is 15.8. The topological polar surface area (TPSA) is 49.9 Å². The van der Waals surface area contributed by atoms with Crippen molar-refractivity contribution in [1.29, 1.82) is 0 Å². The maximum atomic E-state index is 13.8. The van der Waals surface area contributed by atoms with Gasteiger partial charge in [0.2, 0.25) is 5.91 Å².